The van der Waals surface area contributed by atoms with Crippen LogP contribution in [0, 0.1) is 6.92 Å². The van der Waals surface area contributed by atoms with Crippen LogP contribution in [0.4, 0.5) is 0 Å². The molecule has 2 heterocycles. The zero-order valence-corrected chi connectivity index (χ0v) is 14.7. The van der Waals surface area contributed by atoms with E-state index in [2.05, 4.69) is 9.88 Å². The normalized spacial score (nSPS) is 14.3. The van der Waals surface area contributed by atoms with Crippen molar-refractivity contribution in [1.29, 1.82) is 0 Å². The Bertz CT molecular complexity index is 676. The predicted octanol–water partition coefficient (Wildman–Crippen LogP) is 2.19. The molecule has 0 fully saturated rings. The molecule has 130 valence electrons. The van der Waals surface area contributed by atoms with Crippen LogP contribution < -0.4 is 9.47 Å². The molecular formula is C17H22N2O4S. The number of rotatable bonds is 8. The van der Waals surface area contributed by atoms with Crippen LogP contribution in [0.3, 0.4) is 0 Å². The van der Waals surface area contributed by atoms with Crippen molar-refractivity contribution < 1.29 is 19.3 Å². The number of aliphatic hydroxyl groups excluding tert-OH is 1. The highest BCUT2D eigenvalue weighted by Gasteiger charge is 2.14. The molecule has 6 nitrogen and oxygen atoms in total. The molecule has 3 rings (SSSR count). The average Bonchev–Trinajstić information content (AvgIpc) is 3.15. The third-order valence-electron chi connectivity index (χ3n) is 3.63. The van der Waals surface area contributed by atoms with Gasteiger partial charge in [0.05, 0.1) is 24.3 Å². The highest BCUT2D eigenvalue weighted by molar-refractivity contribution is 7.11. The molecule has 0 aliphatic carbocycles. The highest BCUT2D eigenvalue weighted by atomic mass is 32.1. The first-order valence-electron chi connectivity index (χ1n) is 7.84. The van der Waals surface area contributed by atoms with Gasteiger partial charge in [0.1, 0.15) is 0 Å². The van der Waals surface area contributed by atoms with Gasteiger partial charge < -0.3 is 19.3 Å². The van der Waals surface area contributed by atoms with Gasteiger partial charge in [0.25, 0.3) is 0 Å². The summed E-state index contributed by atoms with van der Waals surface area (Å²) in [5.74, 6) is 1.51. The molecule has 0 bridgehead atoms. The Morgan fingerprint density at radius 2 is 2.21 bits per heavy atom. The number of fused-ring (bicyclic) bond motifs is 1. The predicted molar refractivity (Wildman–Crippen MR) is 91.4 cm³/mol. The summed E-state index contributed by atoms with van der Waals surface area (Å²) in [5.41, 5.74) is 1.000. The lowest BCUT2D eigenvalue weighted by molar-refractivity contribution is 0.0128. The molecule has 1 N–H and O–H groups in total. The number of likely N-dealkylation sites (N-methyl/N-ethyl adjacent to an activating group) is 1. The van der Waals surface area contributed by atoms with Crippen LogP contribution >= 0.6 is 11.3 Å². The van der Waals surface area contributed by atoms with E-state index in [0.717, 1.165) is 28.6 Å². The van der Waals surface area contributed by atoms with Crippen LogP contribution in [0.25, 0.3) is 0 Å². The van der Waals surface area contributed by atoms with Crippen molar-refractivity contribution in [2.24, 2.45) is 0 Å². The zero-order valence-electron chi connectivity index (χ0n) is 13.9. The molecule has 0 amide bonds. The summed E-state index contributed by atoms with van der Waals surface area (Å²) < 4.78 is 16.2. The molecule has 0 saturated heterocycles. The number of hydrogen-bond donors (Lipinski definition) is 1. The molecule has 0 unspecified atom stereocenters. The molecule has 24 heavy (non-hydrogen) atoms. The Labute approximate surface area is 145 Å². The fourth-order valence-corrected chi connectivity index (χ4v) is 3.44. The smallest absolute Gasteiger partial charge is 0.231 e. The van der Waals surface area contributed by atoms with Crippen molar-refractivity contribution in [3.63, 3.8) is 0 Å². The summed E-state index contributed by atoms with van der Waals surface area (Å²) >= 11 is 1.68. The second-order valence-corrected chi connectivity index (χ2v) is 7.22. The van der Waals surface area contributed by atoms with Crippen molar-refractivity contribution in [2.45, 2.75) is 26.2 Å². The molecule has 2 aromatic rings. The van der Waals surface area contributed by atoms with E-state index in [0.29, 0.717) is 19.8 Å². The second-order valence-electron chi connectivity index (χ2n) is 5.90. The minimum absolute atomic E-state index is 0.268. The van der Waals surface area contributed by atoms with Crippen LogP contribution in [-0.4, -0.2) is 48.1 Å². The zero-order chi connectivity index (χ0) is 16.9. The van der Waals surface area contributed by atoms with Crippen LogP contribution in [0.5, 0.6) is 11.5 Å². The van der Waals surface area contributed by atoms with Gasteiger partial charge in [-0.25, -0.2) is 4.98 Å². The Hall–Kier alpha value is -1.67. The third kappa shape index (κ3) is 4.67. The van der Waals surface area contributed by atoms with Crippen molar-refractivity contribution >= 4 is 11.3 Å². The molecule has 7 heteroatoms. The van der Waals surface area contributed by atoms with Gasteiger partial charge in [-0.3, -0.25) is 4.90 Å². The minimum atomic E-state index is -0.530. The molecule has 1 atom stereocenters. The number of hydrogen-bond acceptors (Lipinski definition) is 7. The molecule has 0 saturated carbocycles. The maximum atomic E-state index is 10.1. The number of aryl methyl sites for hydroxylation is 1. The minimum Gasteiger partial charge on any atom is -0.454 e. The largest absolute Gasteiger partial charge is 0.454 e. The van der Waals surface area contributed by atoms with Crippen LogP contribution in [0.2, 0.25) is 0 Å². The SMILES string of the molecule is Cc1ncc(CN(C)C[C@@H](O)COCc2ccc3c(c2)OCO3)s1. The molecule has 1 aromatic heterocycles. The highest BCUT2D eigenvalue weighted by Crippen LogP contribution is 2.32. The Kier molecular flexibility index (Phi) is 5.68. The summed E-state index contributed by atoms with van der Waals surface area (Å²) in [6.07, 6.45) is 1.36. The average molecular weight is 350 g/mol. The quantitative estimate of drug-likeness (QED) is 0.787. The van der Waals surface area contributed by atoms with Crippen molar-refractivity contribution in [3.05, 3.63) is 39.8 Å². The number of aromatic nitrogens is 1. The summed E-state index contributed by atoms with van der Waals surface area (Å²) in [4.78, 5) is 7.51. The van der Waals surface area contributed by atoms with Crippen LogP contribution in [0.15, 0.2) is 24.4 Å². The van der Waals surface area contributed by atoms with Gasteiger partial charge in [0.2, 0.25) is 6.79 Å². The molecule has 1 aliphatic rings. The van der Waals surface area contributed by atoms with E-state index in [1.807, 2.05) is 38.4 Å². The van der Waals surface area contributed by atoms with Crippen LogP contribution in [0.1, 0.15) is 15.4 Å². The molecule has 0 radical (unpaired) electrons. The molecular weight excluding hydrogens is 328 g/mol. The first-order chi connectivity index (χ1) is 11.6. The van der Waals surface area contributed by atoms with Crippen LogP contribution in [-0.2, 0) is 17.9 Å². The Morgan fingerprint density at radius 3 is 3.00 bits per heavy atom. The Morgan fingerprint density at radius 1 is 1.38 bits per heavy atom. The first kappa shape index (κ1) is 17.2. The van der Waals surface area contributed by atoms with Crippen molar-refractivity contribution in [2.75, 3.05) is 27.0 Å². The van der Waals surface area contributed by atoms with Gasteiger partial charge in [-0.1, -0.05) is 6.07 Å². The van der Waals surface area contributed by atoms with Gasteiger partial charge in [0, 0.05) is 24.2 Å². The maximum Gasteiger partial charge on any atom is 0.231 e. The second kappa shape index (κ2) is 7.94. The van der Waals surface area contributed by atoms with E-state index in [4.69, 9.17) is 14.2 Å². The first-order valence-corrected chi connectivity index (χ1v) is 8.66. The summed E-state index contributed by atoms with van der Waals surface area (Å²) in [6, 6.07) is 5.73. The van der Waals surface area contributed by atoms with E-state index in [1.165, 1.54) is 4.88 Å². The number of nitrogens with zero attached hydrogens (tertiary/aromatic N) is 2. The van der Waals surface area contributed by atoms with E-state index in [-0.39, 0.29) is 6.79 Å². The fraction of sp³-hybridized carbons (Fsp3) is 0.471. The number of thiazole rings is 1. The van der Waals surface area contributed by atoms with Gasteiger partial charge in [-0.05, 0) is 31.7 Å². The standard InChI is InChI=1S/C17H22N2O4S/c1-12-18-6-15(24-12)8-19(2)7-14(20)10-21-9-13-3-4-16-17(5-13)23-11-22-16/h3-6,14,20H,7-11H2,1-2H3/t14-/m1/s1. The third-order valence-corrected chi connectivity index (χ3v) is 4.53. The van der Waals surface area contributed by atoms with E-state index in [1.54, 1.807) is 11.3 Å². The molecule has 0 spiro atoms. The number of benzene rings is 1. The van der Waals surface area contributed by atoms with Gasteiger partial charge >= 0.3 is 0 Å². The summed E-state index contributed by atoms with van der Waals surface area (Å²) in [7, 11) is 1.98. The molecule has 1 aliphatic heterocycles. The number of ether oxygens (including phenoxy) is 3. The van der Waals surface area contributed by atoms with Crippen molar-refractivity contribution in [1.82, 2.24) is 9.88 Å². The van der Waals surface area contributed by atoms with Gasteiger partial charge in [0.15, 0.2) is 11.5 Å². The number of aliphatic hydroxyl groups is 1. The monoisotopic (exact) mass is 350 g/mol. The van der Waals surface area contributed by atoms with E-state index >= 15 is 0 Å². The summed E-state index contributed by atoms with van der Waals surface area (Å²) in [5, 5.41) is 11.2. The maximum absolute atomic E-state index is 10.1. The Balaban J connectivity index is 1.38. The lowest BCUT2D eigenvalue weighted by Gasteiger charge is -2.19. The molecule has 1 aromatic carbocycles. The van der Waals surface area contributed by atoms with E-state index < -0.39 is 6.10 Å². The van der Waals surface area contributed by atoms with Crippen molar-refractivity contribution in [3.8, 4) is 11.5 Å². The lowest BCUT2D eigenvalue weighted by atomic mass is 10.2. The van der Waals surface area contributed by atoms with Gasteiger partial charge in [-0.15, -0.1) is 11.3 Å². The fourth-order valence-electron chi connectivity index (χ4n) is 2.57. The van der Waals surface area contributed by atoms with E-state index in [9.17, 15) is 5.11 Å². The lowest BCUT2D eigenvalue weighted by Crippen LogP contribution is -2.31. The topological polar surface area (TPSA) is 64.1 Å². The van der Waals surface area contributed by atoms with Gasteiger partial charge in [-0.2, -0.15) is 0 Å². The summed E-state index contributed by atoms with van der Waals surface area (Å²) in [6.45, 7) is 4.33.